The van der Waals surface area contributed by atoms with Crippen LogP contribution in [0.4, 0.5) is 5.69 Å². The lowest BCUT2D eigenvalue weighted by Crippen LogP contribution is -2.36. The lowest BCUT2D eigenvalue weighted by molar-refractivity contribution is -0.136. The van der Waals surface area contributed by atoms with E-state index in [1.54, 1.807) is 12.1 Å². The Labute approximate surface area is 151 Å². The molecule has 2 aromatic rings. The van der Waals surface area contributed by atoms with Crippen molar-refractivity contribution in [2.24, 2.45) is 0 Å². The van der Waals surface area contributed by atoms with Gasteiger partial charge in [0.15, 0.2) is 0 Å². The SMILES string of the molecule is CCc1ccc(C(C)NC(=O)C(=O)Nc2ccc(Cl)c(Cl)c2)cc1. The topological polar surface area (TPSA) is 58.2 Å². The molecule has 0 bridgehead atoms. The van der Waals surface area contributed by atoms with Crippen molar-refractivity contribution in [2.75, 3.05) is 5.32 Å². The highest BCUT2D eigenvalue weighted by Gasteiger charge is 2.17. The average molecular weight is 365 g/mol. The lowest BCUT2D eigenvalue weighted by Gasteiger charge is -2.14. The van der Waals surface area contributed by atoms with Gasteiger partial charge in [-0.15, -0.1) is 0 Å². The molecular formula is C18H18Cl2N2O2. The Hall–Kier alpha value is -2.04. The van der Waals surface area contributed by atoms with Crippen molar-refractivity contribution >= 4 is 40.7 Å². The third kappa shape index (κ3) is 4.73. The van der Waals surface area contributed by atoms with E-state index in [4.69, 9.17) is 23.2 Å². The molecule has 0 saturated carbocycles. The molecule has 2 rings (SSSR count). The van der Waals surface area contributed by atoms with Crippen molar-refractivity contribution in [3.63, 3.8) is 0 Å². The number of carbonyl (C=O) groups is 2. The summed E-state index contributed by atoms with van der Waals surface area (Å²) in [5, 5.41) is 5.84. The minimum atomic E-state index is -0.759. The zero-order valence-electron chi connectivity index (χ0n) is 13.4. The Morgan fingerprint density at radius 1 is 1.00 bits per heavy atom. The first kappa shape index (κ1) is 18.3. The van der Waals surface area contributed by atoms with Gasteiger partial charge in [0.05, 0.1) is 16.1 Å². The maximum atomic E-state index is 12.0. The van der Waals surface area contributed by atoms with E-state index in [1.165, 1.54) is 11.6 Å². The van der Waals surface area contributed by atoms with Gasteiger partial charge in [0.25, 0.3) is 0 Å². The summed E-state index contributed by atoms with van der Waals surface area (Å²) in [5.74, 6) is -1.47. The molecule has 0 fully saturated rings. The largest absolute Gasteiger partial charge is 0.341 e. The second-order valence-corrected chi connectivity index (χ2v) is 6.19. The van der Waals surface area contributed by atoms with E-state index < -0.39 is 11.8 Å². The van der Waals surface area contributed by atoms with Crippen LogP contribution in [-0.2, 0) is 16.0 Å². The number of aryl methyl sites for hydroxylation is 1. The molecule has 0 aliphatic heterocycles. The zero-order chi connectivity index (χ0) is 17.7. The summed E-state index contributed by atoms with van der Waals surface area (Å²) in [6, 6.07) is 12.2. The van der Waals surface area contributed by atoms with Crippen LogP contribution in [0, 0.1) is 0 Å². The minimum absolute atomic E-state index is 0.275. The number of benzene rings is 2. The second kappa shape index (κ2) is 8.18. The van der Waals surface area contributed by atoms with Crippen LogP contribution >= 0.6 is 23.2 Å². The summed E-state index contributed by atoms with van der Waals surface area (Å²) in [7, 11) is 0. The van der Waals surface area contributed by atoms with Gasteiger partial charge in [0, 0.05) is 5.69 Å². The van der Waals surface area contributed by atoms with Crippen LogP contribution < -0.4 is 10.6 Å². The van der Waals surface area contributed by atoms with Gasteiger partial charge in [0.1, 0.15) is 0 Å². The quantitative estimate of drug-likeness (QED) is 0.791. The molecule has 2 aromatic carbocycles. The van der Waals surface area contributed by atoms with Gasteiger partial charge in [-0.3, -0.25) is 9.59 Å². The summed E-state index contributed by atoms with van der Waals surface area (Å²) >= 11 is 11.7. The van der Waals surface area contributed by atoms with Crippen molar-refractivity contribution in [2.45, 2.75) is 26.3 Å². The fourth-order valence-electron chi connectivity index (χ4n) is 2.15. The van der Waals surface area contributed by atoms with Crippen molar-refractivity contribution in [3.8, 4) is 0 Å². The van der Waals surface area contributed by atoms with Crippen LogP contribution in [0.3, 0.4) is 0 Å². The molecule has 0 radical (unpaired) electrons. The number of anilines is 1. The molecule has 0 saturated heterocycles. The van der Waals surface area contributed by atoms with Crippen molar-refractivity contribution in [1.29, 1.82) is 0 Å². The van der Waals surface area contributed by atoms with Crippen LogP contribution in [0.2, 0.25) is 10.0 Å². The number of nitrogens with one attached hydrogen (secondary N) is 2. The first-order valence-corrected chi connectivity index (χ1v) is 8.32. The highest BCUT2D eigenvalue weighted by atomic mass is 35.5. The van der Waals surface area contributed by atoms with Crippen LogP contribution in [0.5, 0.6) is 0 Å². The van der Waals surface area contributed by atoms with Gasteiger partial charge in [0.2, 0.25) is 0 Å². The summed E-state index contributed by atoms with van der Waals surface area (Å²) in [6.07, 6.45) is 0.951. The van der Waals surface area contributed by atoms with Gasteiger partial charge in [-0.25, -0.2) is 0 Å². The number of rotatable bonds is 4. The number of hydrogen-bond donors (Lipinski definition) is 2. The zero-order valence-corrected chi connectivity index (χ0v) is 14.9. The highest BCUT2D eigenvalue weighted by molar-refractivity contribution is 6.43. The molecule has 4 nitrogen and oxygen atoms in total. The summed E-state index contributed by atoms with van der Waals surface area (Å²) in [4.78, 5) is 24.0. The fourth-order valence-corrected chi connectivity index (χ4v) is 2.45. The van der Waals surface area contributed by atoms with Crippen LogP contribution in [0.25, 0.3) is 0 Å². The maximum absolute atomic E-state index is 12.0. The number of amides is 2. The lowest BCUT2D eigenvalue weighted by atomic mass is 10.1. The average Bonchev–Trinajstić information content (AvgIpc) is 2.58. The van der Waals surface area contributed by atoms with E-state index in [9.17, 15) is 9.59 Å². The van der Waals surface area contributed by atoms with Gasteiger partial charge in [-0.2, -0.15) is 0 Å². The van der Waals surface area contributed by atoms with E-state index in [0.29, 0.717) is 15.7 Å². The normalized spacial score (nSPS) is 11.7. The standard InChI is InChI=1S/C18H18Cl2N2O2/c1-3-12-4-6-13(7-5-12)11(2)21-17(23)18(24)22-14-8-9-15(19)16(20)10-14/h4-11H,3H2,1-2H3,(H,21,23)(H,22,24). The molecule has 24 heavy (non-hydrogen) atoms. The summed E-state index contributed by atoms with van der Waals surface area (Å²) in [5.41, 5.74) is 2.56. The Bertz CT molecular complexity index is 745. The van der Waals surface area contributed by atoms with Crippen molar-refractivity contribution < 1.29 is 9.59 Å². The molecule has 6 heteroatoms. The summed E-state index contributed by atoms with van der Waals surface area (Å²) in [6.45, 7) is 3.90. The van der Waals surface area contributed by atoms with Crippen molar-refractivity contribution in [3.05, 3.63) is 63.6 Å². The molecule has 0 aliphatic rings. The smallest absolute Gasteiger partial charge is 0.313 e. The Balaban J connectivity index is 1.97. The van der Waals surface area contributed by atoms with Crippen molar-refractivity contribution in [1.82, 2.24) is 5.32 Å². The number of hydrogen-bond acceptors (Lipinski definition) is 2. The third-order valence-electron chi connectivity index (χ3n) is 3.62. The molecule has 126 valence electrons. The van der Waals surface area contributed by atoms with E-state index >= 15 is 0 Å². The Morgan fingerprint density at radius 3 is 2.25 bits per heavy atom. The first-order chi connectivity index (χ1) is 11.4. The molecule has 1 unspecified atom stereocenters. The second-order valence-electron chi connectivity index (χ2n) is 5.37. The van der Waals surface area contributed by atoms with E-state index in [0.717, 1.165) is 12.0 Å². The predicted octanol–water partition coefficient (Wildman–Crippen LogP) is 4.37. The minimum Gasteiger partial charge on any atom is -0.341 e. The molecule has 0 heterocycles. The monoisotopic (exact) mass is 364 g/mol. The summed E-state index contributed by atoms with van der Waals surface area (Å²) < 4.78 is 0. The molecule has 0 aromatic heterocycles. The van der Waals surface area contributed by atoms with Crippen LogP contribution in [-0.4, -0.2) is 11.8 Å². The molecule has 0 aliphatic carbocycles. The molecular weight excluding hydrogens is 347 g/mol. The maximum Gasteiger partial charge on any atom is 0.313 e. The Kier molecular flexibility index (Phi) is 6.23. The molecule has 2 amide bonds. The Morgan fingerprint density at radius 2 is 1.67 bits per heavy atom. The third-order valence-corrected chi connectivity index (χ3v) is 4.36. The van der Waals surface area contributed by atoms with E-state index in [2.05, 4.69) is 17.6 Å². The van der Waals surface area contributed by atoms with Gasteiger partial charge in [-0.05, 0) is 42.7 Å². The number of carbonyl (C=O) groups excluding carboxylic acids is 2. The predicted molar refractivity (Wildman–Crippen MR) is 97.5 cm³/mol. The molecule has 0 spiro atoms. The van der Waals surface area contributed by atoms with Gasteiger partial charge >= 0.3 is 11.8 Å². The van der Waals surface area contributed by atoms with E-state index in [-0.39, 0.29) is 6.04 Å². The number of halogens is 2. The molecule has 1 atom stereocenters. The van der Waals surface area contributed by atoms with Crippen LogP contribution in [0.15, 0.2) is 42.5 Å². The van der Waals surface area contributed by atoms with Gasteiger partial charge < -0.3 is 10.6 Å². The fraction of sp³-hybridized carbons (Fsp3) is 0.222. The highest BCUT2D eigenvalue weighted by Crippen LogP contribution is 2.25. The first-order valence-electron chi connectivity index (χ1n) is 7.56. The van der Waals surface area contributed by atoms with Gasteiger partial charge in [-0.1, -0.05) is 54.4 Å². The van der Waals surface area contributed by atoms with Crippen LogP contribution in [0.1, 0.15) is 31.0 Å². The van der Waals surface area contributed by atoms with E-state index in [1.807, 2.05) is 31.2 Å². The molecule has 2 N–H and O–H groups in total.